The van der Waals surface area contributed by atoms with Crippen LogP contribution in [-0.2, 0) is 9.47 Å². The molecular weight excluding hydrogens is 210 g/mol. The van der Waals surface area contributed by atoms with Gasteiger partial charge in [-0.05, 0) is 26.7 Å². The van der Waals surface area contributed by atoms with E-state index < -0.39 is 18.0 Å². The molecule has 0 aromatic rings. The molecule has 5 nitrogen and oxygen atoms in total. The van der Waals surface area contributed by atoms with Crippen LogP contribution in [-0.4, -0.2) is 35.7 Å². The van der Waals surface area contributed by atoms with Gasteiger partial charge in [-0.2, -0.15) is 0 Å². The second-order valence-corrected chi connectivity index (χ2v) is 5.25. The van der Waals surface area contributed by atoms with E-state index in [9.17, 15) is 9.90 Å². The van der Waals surface area contributed by atoms with Crippen molar-refractivity contribution < 1.29 is 19.4 Å². The number of rotatable bonds is 1. The highest BCUT2D eigenvalue weighted by Gasteiger charge is 2.29. The van der Waals surface area contributed by atoms with E-state index in [0.29, 0.717) is 13.0 Å². The summed E-state index contributed by atoms with van der Waals surface area (Å²) in [7, 11) is 0. The molecule has 0 bridgehead atoms. The van der Waals surface area contributed by atoms with Crippen molar-refractivity contribution in [3.8, 4) is 0 Å². The average Bonchev–Trinajstić information content (AvgIpc) is 2.06. The average molecular weight is 231 g/mol. The monoisotopic (exact) mass is 231 g/mol. The molecule has 2 N–H and O–H groups in total. The number of alkyl carbamates (subject to hydrolysis) is 1. The molecule has 0 spiro atoms. The fourth-order valence-electron chi connectivity index (χ4n) is 1.57. The van der Waals surface area contributed by atoms with Gasteiger partial charge in [0, 0.05) is 6.42 Å². The number of nitrogens with one attached hydrogen (secondary N) is 1. The molecule has 1 unspecified atom stereocenters. The lowest BCUT2D eigenvalue weighted by atomic mass is 9.96. The first-order valence-corrected chi connectivity index (χ1v) is 5.57. The Balaban J connectivity index is 2.39. The maximum atomic E-state index is 11.5. The number of ether oxygens (including phenoxy) is 2. The Labute approximate surface area is 96.1 Å². The van der Waals surface area contributed by atoms with E-state index in [1.807, 2.05) is 27.7 Å². The molecule has 0 aromatic carbocycles. The molecule has 1 saturated heterocycles. The number of amides is 1. The van der Waals surface area contributed by atoms with E-state index in [1.165, 1.54) is 0 Å². The van der Waals surface area contributed by atoms with Crippen LogP contribution >= 0.6 is 0 Å². The van der Waals surface area contributed by atoms with E-state index in [4.69, 9.17) is 9.47 Å². The molecule has 1 aliphatic rings. The first kappa shape index (κ1) is 13.3. The molecule has 94 valence electrons. The summed E-state index contributed by atoms with van der Waals surface area (Å²) in [5, 5.41) is 12.0. The third-order valence-corrected chi connectivity index (χ3v) is 2.43. The lowest BCUT2D eigenvalue weighted by molar-refractivity contribution is -0.146. The van der Waals surface area contributed by atoms with Gasteiger partial charge in [0.2, 0.25) is 0 Å². The zero-order chi connectivity index (χ0) is 12.3. The van der Waals surface area contributed by atoms with E-state index in [0.717, 1.165) is 0 Å². The predicted octanol–water partition coefficient (Wildman–Crippen LogP) is 1.25. The topological polar surface area (TPSA) is 67.8 Å². The summed E-state index contributed by atoms with van der Waals surface area (Å²) in [6.07, 6.45) is -0.628. The van der Waals surface area contributed by atoms with Crippen molar-refractivity contribution in [3.05, 3.63) is 0 Å². The van der Waals surface area contributed by atoms with Crippen LogP contribution in [0.3, 0.4) is 0 Å². The molecule has 0 aliphatic carbocycles. The van der Waals surface area contributed by atoms with Crippen molar-refractivity contribution in [2.24, 2.45) is 5.92 Å². The van der Waals surface area contributed by atoms with Gasteiger partial charge in [0.05, 0.1) is 12.6 Å². The van der Waals surface area contributed by atoms with Crippen LogP contribution < -0.4 is 5.32 Å². The summed E-state index contributed by atoms with van der Waals surface area (Å²) in [5.41, 5.74) is -0.498. The van der Waals surface area contributed by atoms with Gasteiger partial charge in [-0.25, -0.2) is 4.79 Å². The van der Waals surface area contributed by atoms with Crippen molar-refractivity contribution in [3.63, 3.8) is 0 Å². The number of carbonyl (C=O) groups excluding carboxylic acids is 1. The van der Waals surface area contributed by atoms with Crippen molar-refractivity contribution in [2.75, 3.05) is 6.61 Å². The number of aliphatic hydroxyl groups excluding tert-OH is 1. The van der Waals surface area contributed by atoms with E-state index in [1.54, 1.807) is 0 Å². The summed E-state index contributed by atoms with van der Waals surface area (Å²) in [6.45, 7) is 7.74. The molecule has 1 amide bonds. The fourth-order valence-corrected chi connectivity index (χ4v) is 1.57. The normalized spacial score (nSPS) is 30.9. The molecule has 1 fully saturated rings. The standard InChI is InChI=1S/C11H21NO4/c1-7-5-9(13)15-6-8(7)12-10(14)16-11(2,3)4/h7-9,13H,5-6H2,1-4H3,(H,12,14)/t7-,8+,9?/m0/s1. The van der Waals surface area contributed by atoms with Crippen LogP contribution in [0.15, 0.2) is 0 Å². The summed E-state index contributed by atoms with van der Waals surface area (Å²) in [4.78, 5) is 11.5. The first-order valence-electron chi connectivity index (χ1n) is 5.57. The maximum Gasteiger partial charge on any atom is 0.407 e. The Morgan fingerprint density at radius 3 is 2.62 bits per heavy atom. The van der Waals surface area contributed by atoms with Gasteiger partial charge >= 0.3 is 6.09 Å². The van der Waals surface area contributed by atoms with Gasteiger partial charge in [-0.3, -0.25) is 0 Å². The molecule has 0 saturated carbocycles. The quantitative estimate of drug-likeness (QED) is 0.712. The summed E-state index contributed by atoms with van der Waals surface area (Å²) < 4.78 is 10.2. The Morgan fingerprint density at radius 1 is 1.50 bits per heavy atom. The Kier molecular flexibility index (Phi) is 4.15. The minimum Gasteiger partial charge on any atom is -0.444 e. The summed E-state index contributed by atoms with van der Waals surface area (Å²) >= 11 is 0. The molecule has 1 heterocycles. The van der Waals surface area contributed by atoms with E-state index in [2.05, 4.69) is 5.32 Å². The molecular formula is C11H21NO4. The number of carbonyl (C=O) groups is 1. The van der Waals surface area contributed by atoms with Crippen molar-refractivity contribution in [1.82, 2.24) is 5.32 Å². The van der Waals surface area contributed by atoms with Crippen LogP contribution in [0.25, 0.3) is 0 Å². The Hall–Kier alpha value is -0.810. The van der Waals surface area contributed by atoms with Crippen molar-refractivity contribution in [2.45, 2.75) is 52.0 Å². The van der Waals surface area contributed by atoms with Gasteiger partial charge < -0.3 is 19.9 Å². The number of hydrogen-bond acceptors (Lipinski definition) is 4. The van der Waals surface area contributed by atoms with Crippen LogP contribution in [0.4, 0.5) is 4.79 Å². The summed E-state index contributed by atoms with van der Waals surface area (Å²) in [5.74, 6) is 0.177. The van der Waals surface area contributed by atoms with Gasteiger partial charge in [0.25, 0.3) is 0 Å². The lowest BCUT2D eigenvalue weighted by Gasteiger charge is -2.33. The van der Waals surface area contributed by atoms with Crippen molar-refractivity contribution >= 4 is 6.09 Å². The van der Waals surface area contributed by atoms with Crippen LogP contribution in [0.1, 0.15) is 34.1 Å². The van der Waals surface area contributed by atoms with E-state index >= 15 is 0 Å². The zero-order valence-electron chi connectivity index (χ0n) is 10.3. The van der Waals surface area contributed by atoms with E-state index in [-0.39, 0.29) is 12.0 Å². The second kappa shape index (κ2) is 5.01. The molecule has 1 aliphatic heterocycles. The summed E-state index contributed by atoms with van der Waals surface area (Å²) in [6, 6.07) is -0.0988. The molecule has 0 aromatic heterocycles. The highest BCUT2D eigenvalue weighted by molar-refractivity contribution is 5.68. The molecule has 3 atom stereocenters. The zero-order valence-corrected chi connectivity index (χ0v) is 10.3. The smallest absolute Gasteiger partial charge is 0.407 e. The second-order valence-electron chi connectivity index (χ2n) is 5.25. The van der Waals surface area contributed by atoms with Crippen molar-refractivity contribution in [1.29, 1.82) is 0 Å². The minimum atomic E-state index is -0.716. The third-order valence-electron chi connectivity index (χ3n) is 2.43. The highest BCUT2D eigenvalue weighted by atomic mass is 16.6. The minimum absolute atomic E-state index is 0.0988. The van der Waals surface area contributed by atoms with Crippen LogP contribution in [0, 0.1) is 5.92 Å². The van der Waals surface area contributed by atoms with Gasteiger partial charge in [0.1, 0.15) is 5.60 Å². The highest BCUT2D eigenvalue weighted by Crippen LogP contribution is 2.19. The number of aliphatic hydroxyl groups is 1. The molecule has 16 heavy (non-hydrogen) atoms. The van der Waals surface area contributed by atoms with Crippen LogP contribution in [0.2, 0.25) is 0 Å². The lowest BCUT2D eigenvalue weighted by Crippen LogP contribution is -2.49. The Morgan fingerprint density at radius 2 is 2.12 bits per heavy atom. The van der Waals surface area contributed by atoms with Gasteiger partial charge in [-0.15, -0.1) is 0 Å². The number of hydrogen-bond donors (Lipinski definition) is 2. The van der Waals surface area contributed by atoms with Crippen LogP contribution in [0.5, 0.6) is 0 Å². The first-order chi connectivity index (χ1) is 7.28. The predicted molar refractivity (Wildman–Crippen MR) is 58.9 cm³/mol. The largest absolute Gasteiger partial charge is 0.444 e. The molecule has 5 heteroatoms. The van der Waals surface area contributed by atoms with Gasteiger partial charge in [-0.1, -0.05) is 6.92 Å². The molecule has 0 radical (unpaired) electrons. The van der Waals surface area contributed by atoms with Gasteiger partial charge in [0.15, 0.2) is 6.29 Å². The fraction of sp³-hybridized carbons (Fsp3) is 0.909. The SMILES string of the molecule is C[C@H]1CC(O)OC[C@H]1NC(=O)OC(C)(C)C. The third kappa shape index (κ3) is 4.37. The maximum absolute atomic E-state index is 11.5. The molecule has 1 rings (SSSR count). The Bertz CT molecular complexity index is 249.